The van der Waals surface area contributed by atoms with E-state index in [1.54, 1.807) is 7.11 Å². The van der Waals surface area contributed by atoms with Gasteiger partial charge < -0.3 is 9.26 Å². The minimum Gasteiger partial charge on any atom is -0.380 e. The molecule has 0 amide bonds. The van der Waals surface area contributed by atoms with Crippen LogP contribution >= 0.6 is 0 Å². The van der Waals surface area contributed by atoms with Crippen molar-refractivity contribution in [3.05, 3.63) is 65.3 Å². The SMILES string of the molecule is COC1CN(Cc2cnn(-c3cccc(C)c3)c2)CC1Cc1cc(C)no1. The molecule has 1 fully saturated rings. The van der Waals surface area contributed by atoms with Gasteiger partial charge in [-0.3, -0.25) is 4.90 Å². The van der Waals surface area contributed by atoms with E-state index in [0.29, 0.717) is 5.92 Å². The molecule has 1 saturated heterocycles. The van der Waals surface area contributed by atoms with Crippen molar-refractivity contribution in [2.24, 2.45) is 5.92 Å². The monoisotopic (exact) mass is 366 g/mol. The van der Waals surface area contributed by atoms with Crippen molar-refractivity contribution in [3.8, 4) is 5.69 Å². The zero-order chi connectivity index (χ0) is 18.8. The van der Waals surface area contributed by atoms with Gasteiger partial charge in [-0.1, -0.05) is 17.3 Å². The first-order valence-electron chi connectivity index (χ1n) is 9.38. The van der Waals surface area contributed by atoms with E-state index < -0.39 is 0 Å². The van der Waals surface area contributed by atoms with Gasteiger partial charge in [0, 0.05) is 56.9 Å². The summed E-state index contributed by atoms with van der Waals surface area (Å²) in [6.07, 6.45) is 5.14. The number of ether oxygens (including phenoxy) is 1. The van der Waals surface area contributed by atoms with Gasteiger partial charge in [0.15, 0.2) is 0 Å². The van der Waals surface area contributed by atoms with E-state index in [-0.39, 0.29) is 6.10 Å². The van der Waals surface area contributed by atoms with Crippen LogP contribution in [0.4, 0.5) is 0 Å². The number of hydrogen-bond acceptors (Lipinski definition) is 5. The van der Waals surface area contributed by atoms with Crippen LogP contribution < -0.4 is 0 Å². The summed E-state index contributed by atoms with van der Waals surface area (Å²) >= 11 is 0. The smallest absolute Gasteiger partial charge is 0.137 e. The molecular formula is C21H26N4O2. The van der Waals surface area contributed by atoms with Gasteiger partial charge in [0.1, 0.15) is 5.76 Å². The quantitative estimate of drug-likeness (QED) is 0.671. The molecule has 0 N–H and O–H groups in total. The lowest BCUT2D eigenvalue weighted by Crippen LogP contribution is -2.23. The number of rotatable bonds is 6. The molecular weight excluding hydrogens is 340 g/mol. The fourth-order valence-corrected chi connectivity index (χ4v) is 3.90. The number of benzene rings is 1. The van der Waals surface area contributed by atoms with E-state index in [1.807, 2.05) is 23.9 Å². The average molecular weight is 366 g/mol. The minimum atomic E-state index is 0.210. The van der Waals surface area contributed by atoms with E-state index in [4.69, 9.17) is 9.26 Å². The molecule has 27 heavy (non-hydrogen) atoms. The molecule has 1 aromatic carbocycles. The van der Waals surface area contributed by atoms with Gasteiger partial charge >= 0.3 is 0 Å². The number of nitrogens with zero attached hydrogens (tertiary/aromatic N) is 4. The molecule has 2 atom stereocenters. The van der Waals surface area contributed by atoms with Crippen molar-refractivity contribution in [2.75, 3.05) is 20.2 Å². The molecule has 0 saturated carbocycles. The number of hydrogen-bond donors (Lipinski definition) is 0. The van der Waals surface area contributed by atoms with Crippen LogP contribution in [0.1, 0.15) is 22.6 Å². The topological polar surface area (TPSA) is 56.3 Å². The molecule has 4 rings (SSSR count). The van der Waals surface area contributed by atoms with Crippen LogP contribution in [-0.4, -0.2) is 46.1 Å². The van der Waals surface area contributed by atoms with E-state index in [9.17, 15) is 0 Å². The Hall–Kier alpha value is -2.44. The zero-order valence-electron chi connectivity index (χ0n) is 16.1. The molecule has 2 unspecified atom stereocenters. The number of aromatic nitrogens is 3. The number of methoxy groups -OCH3 is 1. The Morgan fingerprint density at radius 3 is 2.85 bits per heavy atom. The highest BCUT2D eigenvalue weighted by Crippen LogP contribution is 2.25. The molecule has 3 heterocycles. The van der Waals surface area contributed by atoms with Crippen LogP contribution in [0.15, 0.2) is 47.2 Å². The van der Waals surface area contributed by atoms with E-state index >= 15 is 0 Å². The second-order valence-corrected chi connectivity index (χ2v) is 7.50. The van der Waals surface area contributed by atoms with Gasteiger partial charge in [0.25, 0.3) is 0 Å². The maximum atomic E-state index is 5.73. The van der Waals surface area contributed by atoms with Gasteiger partial charge in [-0.25, -0.2) is 4.68 Å². The predicted molar refractivity (Wildman–Crippen MR) is 103 cm³/mol. The minimum absolute atomic E-state index is 0.210. The zero-order valence-corrected chi connectivity index (χ0v) is 16.1. The highest BCUT2D eigenvalue weighted by atomic mass is 16.5. The van der Waals surface area contributed by atoms with E-state index in [0.717, 1.165) is 43.2 Å². The molecule has 2 aromatic heterocycles. The van der Waals surface area contributed by atoms with Gasteiger partial charge in [-0.2, -0.15) is 5.10 Å². The summed E-state index contributed by atoms with van der Waals surface area (Å²) in [7, 11) is 1.79. The molecule has 1 aliphatic heterocycles. The molecule has 1 aliphatic rings. The van der Waals surface area contributed by atoms with Crippen LogP contribution in [0.5, 0.6) is 0 Å². The number of likely N-dealkylation sites (tertiary alicyclic amines) is 1. The molecule has 142 valence electrons. The summed E-state index contributed by atoms with van der Waals surface area (Å²) in [6, 6.07) is 10.4. The Bertz CT molecular complexity index is 901. The van der Waals surface area contributed by atoms with Gasteiger partial charge in [0.05, 0.1) is 23.7 Å². The van der Waals surface area contributed by atoms with Crippen molar-refractivity contribution >= 4 is 0 Å². The summed E-state index contributed by atoms with van der Waals surface area (Å²) in [5, 5.41) is 8.53. The summed E-state index contributed by atoms with van der Waals surface area (Å²) in [4.78, 5) is 2.43. The standard InChI is InChI=1S/C21H26N4O2/c1-15-5-4-6-19(7-15)25-12-17(10-22-25)11-24-13-18(21(14-24)26-3)9-20-8-16(2)23-27-20/h4-8,10,12,18,21H,9,11,13-14H2,1-3H3. The van der Waals surface area contributed by atoms with E-state index in [1.165, 1.54) is 11.1 Å². The van der Waals surface area contributed by atoms with Gasteiger partial charge in [0.2, 0.25) is 0 Å². The Labute approximate surface area is 159 Å². The highest BCUT2D eigenvalue weighted by molar-refractivity contribution is 5.35. The van der Waals surface area contributed by atoms with Gasteiger partial charge in [-0.05, 0) is 31.5 Å². The Morgan fingerprint density at radius 1 is 1.22 bits per heavy atom. The predicted octanol–water partition coefficient (Wildman–Crippen LogP) is 3.17. The Morgan fingerprint density at radius 2 is 2.11 bits per heavy atom. The summed E-state index contributed by atoms with van der Waals surface area (Å²) in [5.74, 6) is 1.35. The van der Waals surface area contributed by atoms with Crippen LogP contribution in [0.3, 0.4) is 0 Å². The summed E-state index contributed by atoms with van der Waals surface area (Å²) in [5.41, 5.74) is 4.47. The van der Waals surface area contributed by atoms with Crippen LogP contribution in [0.25, 0.3) is 5.69 Å². The van der Waals surface area contributed by atoms with Crippen molar-refractivity contribution in [1.29, 1.82) is 0 Å². The Balaban J connectivity index is 1.41. The van der Waals surface area contributed by atoms with Crippen molar-refractivity contribution in [1.82, 2.24) is 19.8 Å². The van der Waals surface area contributed by atoms with Crippen LogP contribution in [0.2, 0.25) is 0 Å². The lowest BCUT2D eigenvalue weighted by Gasteiger charge is -2.14. The molecule has 0 aliphatic carbocycles. The van der Waals surface area contributed by atoms with Crippen molar-refractivity contribution in [2.45, 2.75) is 32.9 Å². The van der Waals surface area contributed by atoms with E-state index in [2.05, 4.69) is 52.5 Å². The Kier molecular flexibility index (Phi) is 5.09. The van der Waals surface area contributed by atoms with Crippen LogP contribution in [-0.2, 0) is 17.7 Å². The second-order valence-electron chi connectivity index (χ2n) is 7.50. The molecule has 0 spiro atoms. The average Bonchev–Trinajstić information content (AvgIpc) is 3.36. The van der Waals surface area contributed by atoms with Crippen LogP contribution in [0, 0.1) is 19.8 Å². The molecule has 6 nitrogen and oxygen atoms in total. The first kappa shape index (κ1) is 17.9. The third kappa shape index (κ3) is 4.12. The maximum absolute atomic E-state index is 5.73. The van der Waals surface area contributed by atoms with Gasteiger partial charge in [-0.15, -0.1) is 0 Å². The molecule has 3 aromatic rings. The normalized spacial score (nSPS) is 20.4. The molecule has 0 bridgehead atoms. The first-order valence-corrected chi connectivity index (χ1v) is 9.38. The molecule has 0 radical (unpaired) electrons. The number of aryl methyl sites for hydroxylation is 2. The second kappa shape index (κ2) is 7.66. The van der Waals surface area contributed by atoms with Crippen molar-refractivity contribution in [3.63, 3.8) is 0 Å². The summed E-state index contributed by atoms with van der Waals surface area (Å²) < 4.78 is 13.1. The van der Waals surface area contributed by atoms with Crippen molar-refractivity contribution < 1.29 is 9.26 Å². The lowest BCUT2D eigenvalue weighted by atomic mass is 10.0. The third-order valence-corrected chi connectivity index (χ3v) is 5.21. The lowest BCUT2D eigenvalue weighted by molar-refractivity contribution is 0.0761. The fraction of sp³-hybridized carbons (Fsp3) is 0.429. The fourth-order valence-electron chi connectivity index (χ4n) is 3.90. The maximum Gasteiger partial charge on any atom is 0.137 e. The first-order chi connectivity index (χ1) is 13.1. The molecule has 6 heteroatoms. The largest absolute Gasteiger partial charge is 0.380 e. The highest BCUT2D eigenvalue weighted by Gasteiger charge is 2.33. The summed E-state index contributed by atoms with van der Waals surface area (Å²) in [6.45, 7) is 6.82. The third-order valence-electron chi connectivity index (χ3n) is 5.21.